The van der Waals surface area contributed by atoms with Crippen LogP contribution in [0.15, 0.2) is 291 Å². The van der Waals surface area contributed by atoms with Crippen molar-refractivity contribution < 1.29 is 0 Å². The van der Waals surface area contributed by atoms with Crippen LogP contribution < -0.4 is 19.6 Å². The van der Waals surface area contributed by atoms with Crippen LogP contribution in [0.2, 0.25) is 0 Å². The van der Waals surface area contributed by atoms with Crippen molar-refractivity contribution in [2.75, 3.05) is 19.6 Å². The molecule has 0 unspecified atom stereocenters. The van der Waals surface area contributed by atoms with Crippen LogP contribution in [0.5, 0.6) is 0 Å². The van der Waals surface area contributed by atoms with Crippen molar-refractivity contribution in [3.05, 3.63) is 291 Å². The summed E-state index contributed by atoms with van der Waals surface area (Å²) in [5.74, 6) is 0. The van der Waals surface area contributed by atoms with E-state index in [9.17, 15) is 0 Å². The molecule has 0 amide bonds. The van der Waals surface area contributed by atoms with Gasteiger partial charge in [-0.05, 0) is 169 Å². The fourth-order valence-corrected chi connectivity index (χ4v) is 10.7. The second-order valence-electron chi connectivity index (χ2n) is 17.4. The second-order valence-corrected chi connectivity index (χ2v) is 18.5. The molecule has 338 valence electrons. The molecule has 0 bridgehead atoms. The van der Waals surface area contributed by atoms with E-state index in [0.29, 0.717) is 0 Å². The number of benzene rings is 11. The summed E-state index contributed by atoms with van der Waals surface area (Å²) in [6.07, 6.45) is 0. The monoisotopic (exact) mass is 928 g/mol. The summed E-state index contributed by atoms with van der Waals surface area (Å²) < 4.78 is 2.50. The van der Waals surface area contributed by atoms with Gasteiger partial charge < -0.3 is 19.6 Å². The molecule has 5 heteroatoms. The zero-order valence-electron chi connectivity index (χ0n) is 38.9. The van der Waals surface area contributed by atoms with E-state index in [1.54, 1.807) is 0 Å². The fraction of sp³-hybridized carbons (Fsp3) is 0. The highest BCUT2D eigenvalue weighted by atomic mass is 32.1. The number of para-hydroxylation sites is 6. The van der Waals surface area contributed by atoms with Gasteiger partial charge in [0.05, 0.1) is 0 Å². The zero-order valence-corrected chi connectivity index (χ0v) is 39.7. The van der Waals surface area contributed by atoms with Gasteiger partial charge in [-0.2, -0.15) is 0 Å². The molecule has 11 aromatic carbocycles. The summed E-state index contributed by atoms with van der Waals surface area (Å²) in [4.78, 5) is 9.34. The van der Waals surface area contributed by atoms with Gasteiger partial charge in [0.15, 0.2) is 0 Å². The molecule has 0 spiro atoms. The van der Waals surface area contributed by atoms with Gasteiger partial charge in [0.25, 0.3) is 0 Å². The number of thiophene rings is 1. The van der Waals surface area contributed by atoms with Gasteiger partial charge in [-0.3, -0.25) is 0 Å². The molecular formula is C66H48N4S. The number of fused-ring (bicyclic) bond motifs is 3. The predicted octanol–water partition coefficient (Wildman–Crippen LogP) is 19.6. The summed E-state index contributed by atoms with van der Waals surface area (Å²) in [5.41, 5.74) is 15.5. The van der Waals surface area contributed by atoms with Crippen LogP contribution in [-0.4, -0.2) is 0 Å². The molecule has 0 saturated heterocycles. The van der Waals surface area contributed by atoms with Crippen molar-refractivity contribution in [1.82, 2.24) is 0 Å². The molecule has 0 aliphatic rings. The number of anilines is 12. The minimum Gasteiger partial charge on any atom is -0.311 e. The van der Waals surface area contributed by atoms with Gasteiger partial charge in [-0.15, -0.1) is 11.3 Å². The first kappa shape index (κ1) is 43.1. The van der Waals surface area contributed by atoms with Crippen molar-refractivity contribution in [3.63, 3.8) is 0 Å². The highest BCUT2D eigenvalue weighted by Gasteiger charge is 2.20. The lowest BCUT2D eigenvalue weighted by atomic mass is 10.0. The lowest BCUT2D eigenvalue weighted by molar-refractivity contribution is 1.26. The van der Waals surface area contributed by atoms with E-state index < -0.39 is 0 Å². The molecule has 1 aromatic heterocycles. The molecule has 12 rings (SSSR count). The topological polar surface area (TPSA) is 13.0 Å². The van der Waals surface area contributed by atoms with Gasteiger partial charge in [0.1, 0.15) is 0 Å². The number of hydrogen-bond acceptors (Lipinski definition) is 5. The van der Waals surface area contributed by atoms with Crippen molar-refractivity contribution in [1.29, 1.82) is 0 Å². The minimum absolute atomic E-state index is 1.08. The van der Waals surface area contributed by atoms with Crippen LogP contribution in [0.4, 0.5) is 68.2 Å². The molecule has 0 N–H and O–H groups in total. The third-order valence-electron chi connectivity index (χ3n) is 13.0. The molecule has 0 aliphatic heterocycles. The maximum absolute atomic E-state index is 2.37. The first-order valence-electron chi connectivity index (χ1n) is 24.0. The Morgan fingerprint density at radius 2 is 0.437 bits per heavy atom. The Morgan fingerprint density at radius 3 is 0.775 bits per heavy atom. The SMILES string of the molecule is c1ccc(N(c2ccccc2)c2ccc(N(c3ccccc3)c3ccc4sc5ccc(N(c6ccccc6)c6ccc(-c7cccc(N(c8ccccc8)c8ccccc8)c7)cc6)cc5c4c3)cc2)cc1. The maximum Gasteiger partial charge on any atom is 0.0468 e. The zero-order chi connectivity index (χ0) is 47.3. The third-order valence-corrected chi connectivity index (χ3v) is 14.1. The van der Waals surface area contributed by atoms with E-state index in [0.717, 1.165) is 79.4 Å². The molecule has 1 heterocycles. The normalized spacial score (nSPS) is 11.1. The third kappa shape index (κ3) is 8.79. The van der Waals surface area contributed by atoms with Crippen LogP contribution in [0.25, 0.3) is 31.3 Å². The van der Waals surface area contributed by atoms with Gasteiger partial charge in [0, 0.05) is 88.4 Å². The maximum atomic E-state index is 2.37. The van der Waals surface area contributed by atoms with Crippen LogP contribution in [0, 0.1) is 0 Å². The Balaban J connectivity index is 0.901. The van der Waals surface area contributed by atoms with Gasteiger partial charge >= 0.3 is 0 Å². The van der Waals surface area contributed by atoms with Crippen LogP contribution >= 0.6 is 11.3 Å². The van der Waals surface area contributed by atoms with Crippen molar-refractivity contribution >= 4 is 99.8 Å². The molecule has 12 aromatic rings. The number of nitrogens with zero attached hydrogens (tertiary/aromatic N) is 4. The number of rotatable bonds is 13. The second kappa shape index (κ2) is 19.4. The highest BCUT2D eigenvalue weighted by Crippen LogP contribution is 2.45. The van der Waals surface area contributed by atoms with Gasteiger partial charge in [0.2, 0.25) is 0 Å². The molecule has 0 aliphatic carbocycles. The smallest absolute Gasteiger partial charge is 0.0468 e. The molecule has 0 radical (unpaired) electrons. The summed E-state index contributed by atoms with van der Waals surface area (Å²) in [6.45, 7) is 0. The Labute approximate surface area is 419 Å². The van der Waals surface area contributed by atoms with Crippen LogP contribution in [-0.2, 0) is 0 Å². The quantitative estimate of drug-likeness (QED) is 0.114. The lowest BCUT2D eigenvalue weighted by Gasteiger charge is -2.28. The van der Waals surface area contributed by atoms with E-state index in [1.807, 2.05) is 11.3 Å². The lowest BCUT2D eigenvalue weighted by Crippen LogP contribution is -2.12. The van der Waals surface area contributed by atoms with Crippen molar-refractivity contribution in [2.24, 2.45) is 0 Å². The molecule has 0 saturated carbocycles. The first-order valence-corrected chi connectivity index (χ1v) is 24.8. The van der Waals surface area contributed by atoms with E-state index in [4.69, 9.17) is 0 Å². The number of hydrogen-bond donors (Lipinski definition) is 0. The largest absolute Gasteiger partial charge is 0.311 e. The molecule has 4 nitrogen and oxygen atoms in total. The summed E-state index contributed by atoms with van der Waals surface area (Å²) in [5, 5.41) is 2.45. The highest BCUT2D eigenvalue weighted by molar-refractivity contribution is 7.25. The van der Waals surface area contributed by atoms with Crippen LogP contribution in [0.3, 0.4) is 0 Å². The summed E-state index contributed by atoms with van der Waals surface area (Å²) >= 11 is 1.84. The molecule has 0 atom stereocenters. The van der Waals surface area contributed by atoms with E-state index in [2.05, 4.69) is 311 Å². The minimum atomic E-state index is 1.08. The standard InChI is InChI=1S/C66H48N4S/c1-7-21-51(22-8-1)67(52-23-9-2-10-24-52)58-38-40-59(41-39-58)70(56-31-17-6-18-32-56)62-43-45-66-64(48-62)63-47-61(42-44-65(63)71-66)69(55-29-15-5-16-30-55)57-36-34-49(35-37-57)50-20-19-33-60(46-50)68(53-25-11-3-12-26-53)54-27-13-4-14-28-54/h1-48H. The Bertz CT molecular complexity index is 3600. The summed E-state index contributed by atoms with van der Waals surface area (Å²) in [6, 6.07) is 104. The van der Waals surface area contributed by atoms with E-state index in [1.165, 1.54) is 20.2 Å². The van der Waals surface area contributed by atoms with Crippen molar-refractivity contribution in [3.8, 4) is 11.1 Å². The molecule has 0 fully saturated rings. The van der Waals surface area contributed by atoms with Gasteiger partial charge in [-0.25, -0.2) is 0 Å². The van der Waals surface area contributed by atoms with E-state index >= 15 is 0 Å². The average molecular weight is 929 g/mol. The molecular weight excluding hydrogens is 881 g/mol. The Kier molecular flexibility index (Phi) is 11.8. The average Bonchev–Trinajstić information content (AvgIpc) is 3.81. The Morgan fingerprint density at radius 1 is 0.183 bits per heavy atom. The van der Waals surface area contributed by atoms with Gasteiger partial charge in [-0.1, -0.05) is 133 Å². The fourth-order valence-electron chi connectivity index (χ4n) is 9.66. The predicted molar refractivity (Wildman–Crippen MR) is 303 cm³/mol. The first-order chi connectivity index (χ1) is 35.2. The summed E-state index contributed by atoms with van der Waals surface area (Å²) in [7, 11) is 0. The molecule has 71 heavy (non-hydrogen) atoms. The van der Waals surface area contributed by atoms with E-state index in [-0.39, 0.29) is 0 Å². The van der Waals surface area contributed by atoms with Crippen molar-refractivity contribution in [2.45, 2.75) is 0 Å². The van der Waals surface area contributed by atoms with Crippen LogP contribution in [0.1, 0.15) is 0 Å². The Hall–Kier alpha value is -9.16.